The molecule has 4 heteroatoms. The van der Waals surface area contributed by atoms with Gasteiger partial charge in [0.15, 0.2) is 6.10 Å². The van der Waals surface area contributed by atoms with E-state index in [1.807, 2.05) is 19.1 Å². The predicted molar refractivity (Wildman–Crippen MR) is 64.9 cm³/mol. The van der Waals surface area contributed by atoms with E-state index in [4.69, 9.17) is 16.3 Å². The van der Waals surface area contributed by atoms with Crippen molar-refractivity contribution in [3.8, 4) is 5.75 Å². The molecule has 0 saturated carbocycles. The molecule has 1 atom stereocenters. The second kappa shape index (κ2) is 5.75. The van der Waals surface area contributed by atoms with Crippen molar-refractivity contribution in [3.63, 3.8) is 0 Å². The zero-order chi connectivity index (χ0) is 12.1. The fourth-order valence-corrected chi connectivity index (χ4v) is 1.43. The summed E-state index contributed by atoms with van der Waals surface area (Å²) in [4.78, 5) is 13.4. The van der Waals surface area contributed by atoms with E-state index in [9.17, 15) is 4.79 Å². The van der Waals surface area contributed by atoms with Crippen LogP contribution in [0.4, 0.5) is 0 Å². The van der Waals surface area contributed by atoms with Crippen molar-refractivity contribution in [1.82, 2.24) is 4.90 Å². The van der Waals surface area contributed by atoms with E-state index in [-0.39, 0.29) is 5.91 Å². The summed E-state index contributed by atoms with van der Waals surface area (Å²) in [5, 5.41) is 0.515. The van der Waals surface area contributed by atoms with Crippen molar-refractivity contribution in [2.24, 2.45) is 0 Å². The van der Waals surface area contributed by atoms with Crippen LogP contribution in [0.2, 0.25) is 5.02 Å². The molecular formula is C12H16ClNO2. The van der Waals surface area contributed by atoms with Gasteiger partial charge in [-0.15, -0.1) is 0 Å². The van der Waals surface area contributed by atoms with Crippen LogP contribution in [0.3, 0.4) is 0 Å². The van der Waals surface area contributed by atoms with Gasteiger partial charge in [0.2, 0.25) is 0 Å². The lowest BCUT2D eigenvalue weighted by Crippen LogP contribution is -2.37. The minimum absolute atomic E-state index is 0.0533. The van der Waals surface area contributed by atoms with E-state index < -0.39 is 6.10 Å². The van der Waals surface area contributed by atoms with Crippen molar-refractivity contribution in [2.75, 3.05) is 13.6 Å². The lowest BCUT2D eigenvalue weighted by atomic mass is 10.3. The number of hydrogen-bond donors (Lipinski definition) is 0. The summed E-state index contributed by atoms with van der Waals surface area (Å²) in [5.41, 5.74) is 0. The average molecular weight is 242 g/mol. The first kappa shape index (κ1) is 12.8. The van der Waals surface area contributed by atoms with Crippen LogP contribution in [0, 0.1) is 0 Å². The van der Waals surface area contributed by atoms with Crippen LogP contribution in [0.5, 0.6) is 5.75 Å². The first-order valence-corrected chi connectivity index (χ1v) is 5.60. The van der Waals surface area contributed by atoms with E-state index in [1.54, 1.807) is 31.0 Å². The Morgan fingerprint density at radius 1 is 1.50 bits per heavy atom. The largest absolute Gasteiger partial charge is 0.479 e. The molecule has 1 aromatic rings. The standard InChI is InChI=1S/C12H16ClNO2/c1-4-14(3)12(15)9(2)16-11-8-6-5-7-10(11)13/h5-9H,4H2,1-3H3. The molecule has 1 rings (SSSR count). The minimum atomic E-state index is -0.523. The second-order valence-corrected chi connectivity index (χ2v) is 3.95. The summed E-state index contributed by atoms with van der Waals surface area (Å²) in [5.74, 6) is 0.483. The van der Waals surface area contributed by atoms with Crippen LogP contribution in [0.15, 0.2) is 24.3 Å². The normalized spacial score (nSPS) is 12.0. The molecule has 0 spiro atoms. The molecule has 1 unspecified atom stereocenters. The van der Waals surface area contributed by atoms with Crippen molar-refractivity contribution in [2.45, 2.75) is 20.0 Å². The molecule has 0 aromatic heterocycles. The van der Waals surface area contributed by atoms with Gasteiger partial charge in [-0.1, -0.05) is 23.7 Å². The van der Waals surface area contributed by atoms with Crippen LogP contribution in [-0.2, 0) is 4.79 Å². The Hall–Kier alpha value is -1.22. The Morgan fingerprint density at radius 3 is 2.69 bits per heavy atom. The van der Waals surface area contributed by atoms with Gasteiger partial charge in [-0.2, -0.15) is 0 Å². The minimum Gasteiger partial charge on any atom is -0.479 e. The maximum absolute atomic E-state index is 11.7. The number of ether oxygens (including phenoxy) is 1. The predicted octanol–water partition coefficient (Wildman–Crippen LogP) is 2.59. The number of para-hydroxylation sites is 1. The summed E-state index contributed by atoms with van der Waals surface area (Å²) in [6.07, 6.45) is -0.523. The molecule has 0 radical (unpaired) electrons. The Labute approximate surface area is 101 Å². The van der Waals surface area contributed by atoms with E-state index in [2.05, 4.69) is 0 Å². The van der Waals surface area contributed by atoms with Gasteiger partial charge in [0.1, 0.15) is 5.75 Å². The number of halogens is 1. The zero-order valence-corrected chi connectivity index (χ0v) is 10.5. The first-order chi connectivity index (χ1) is 7.56. The summed E-state index contributed by atoms with van der Waals surface area (Å²) in [7, 11) is 1.74. The van der Waals surface area contributed by atoms with Crippen LogP contribution in [-0.4, -0.2) is 30.5 Å². The maximum atomic E-state index is 11.7. The molecule has 0 aliphatic heterocycles. The Morgan fingerprint density at radius 2 is 2.12 bits per heavy atom. The number of nitrogens with zero attached hydrogens (tertiary/aromatic N) is 1. The van der Waals surface area contributed by atoms with Gasteiger partial charge >= 0.3 is 0 Å². The molecule has 0 aliphatic carbocycles. The van der Waals surface area contributed by atoms with E-state index >= 15 is 0 Å². The number of carbonyl (C=O) groups excluding carboxylic acids is 1. The molecule has 0 saturated heterocycles. The second-order valence-electron chi connectivity index (χ2n) is 3.54. The first-order valence-electron chi connectivity index (χ1n) is 5.22. The quantitative estimate of drug-likeness (QED) is 0.811. The van der Waals surface area contributed by atoms with Crippen LogP contribution in [0.1, 0.15) is 13.8 Å². The number of hydrogen-bond acceptors (Lipinski definition) is 2. The molecule has 0 N–H and O–H groups in total. The average Bonchev–Trinajstić information content (AvgIpc) is 2.30. The van der Waals surface area contributed by atoms with Crippen LogP contribution < -0.4 is 4.74 Å². The molecule has 0 aliphatic rings. The molecule has 3 nitrogen and oxygen atoms in total. The number of rotatable bonds is 4. The van der Waals surface area contributed by atoms with E-state index in [0.29, 0.717) is 17.3 Å². The highest BCUT2D eigenvalue weighted by Crippen LogP contribution is 2.24. The highest BCUT2D eigenvalue weighted by Gasteiger charge is 2.18. The monoisotopic (exact) mass is 241 g/mol. The molecule has 1 amide bonds. The maximum Gasteiger partial charge on any atom is 0.263 e. The third kappa shape index (κ3) is 3.14. The van der Waals surface area contributed by atoms with Crippen molar-refractivity contribution in [3.05, 3.63) is 29.3 Å². The highest BCUT2D eigenvalue weighted by molar-refractivity contribution is 6.32. The van der Waals surface area contributed by atoms with Gasteiger partial charge in [0.05, 0.1) is 5.02 Å². The molecule has 0 bridgehead atoms. The molecular weight excluding hydrogens is 226 g/mol. The third-order valence-electron chi connectivity index (χ3n) is 2.34. The summed E-state index contributed by atoms with van der Waals surface area (Å²) in [6, 6.07) is 7.12. The number of carbonyl (C=O) groups is 1. The Balaban J connectivity index is 2.68. The summed E-state index contributed by atoms with van der Waals surface area (Å²) in [6.45, 7) is 4.30. The van der Waals surface area contributed by atoms with Gasteiger partial charge in [0, 0.05) is 13.6 Å². The fourth-order valence-electron chi connectivity index (χ4n) is 1.25. The molecule has 16 heavy (non-hydrogen) atoms. The van der Waals surface area contributed by atoms with Crippen molar-refractivity contribution >= 4 is 17.5 Å². The number of amides is 1. The van der Waals surface area contributed by atoms with Crippen LogP contribution >= 0.6 is 11.6 Å². The number of likely N-dealkylation sites (N-methyl/N-ethyl adjacent to an activating group) is 1. The van der Waals surface area contributed by atoms with Crippen LogP contribution in [0.25, 0.3) is 0 Å². The van der Waals surface area contributed by atoms with Gasteiger partial charge in [-0.05, 0) is 26.0 Å². The zero-order valence-electron chi connectivity index (χ0n) is 9.74. The highest BCUT2D eigenvalue weighted by atomic mass is 35.5. The van der Waals surface area contributed by atoms with E-state index in [0.717, 1.165) is 0 Å². The summed E-state index contributed by atoms with van der Waals surface area (Å²) < 4.78 is 5.51. The SMILES string of the molecule is CCN(C)C(=O)C(C)Oc1ccccc1Cl. The van der Waals surface area contributed by atoms with Crippen molar-refractivity contribution in [1.29, 1.82) is 0 Å². The van der Waals surface area contributed by atoms with Gasteiger partial charge < -0.3 is 9.64 Å². The molecule has 0 heterocycles. The van der Waals surface area contributed by atoms with Crippen molar-refractivity contribution < 1.29 is 9.53 Å². The number of benzene rings is 1. The smallest absolute Gasteiger partial charge is 0.263 e. The third-order valence-corrected chi connectivity index (χ3v) is 2.65. The molecule has 0 fully saturated rings. The van der Waals surface area contributed by atoms with Gasteiger partial charge in [-0.25, -0.2) is 0 Å². The van der Waals surface area contributed by atoms with E-state index in [1.165, 1.54) is 0 Å². The van der Waals surface area contributed by atoms with Gasteiger partial charge in [0.25, 0.3) is 5.91 Å². The molecule has 88 valence electrons. The summed E-state index contributed by atoms with van der Waals surface area (Å²) >= 11 is 5.94. The molecule has 1 aromatic carbocycles. The fraction of sp³-hybridized carbons (Fsp3) is 0.417. The van der Waals surface area contributed by atoms with Gasteiger partial charge in [-0.3, -0.25) is 4.79 Å². The lowest BCUT2D eigenvalue weighted by Gasteiger charge is -2.21. The lowest BCUT2D eigenvalue weighted by molar-refractivity contribution is -0.136. The Bertz CT molecular complexity index is 368. The topological polar surface area (TPSA) is 29.5 Å². The Kier molecular flexibility index (Phi) is 4.62.